The van der Waals surface area contributed by atoms with Crippen LogP contribution in [-0.4, -0.2) is 45.1 Å². The van der Waals surface area contributed by atoms with Crippen LogP contribution in [0.15, 0.2) is 41.4 Å². The Kier molecular flexibility index (Phi) is 7.39. The van der Waals surface area contributed by atoms with Gasteiger partial charge in [0.1, 0.15) is 10.6 Å². The maximum atomic E-state index is 12.6. The van der Waals surface area contributed by atoms with Crippen molar-refractivity contribution >= 4 is 39.2 Å². The van der Waals surface area contributed by atoms with Crippen LogP contribution in [0.25, 0.3) is 0 Å². The first-order valence-corrected chi connectivity index (χ1v) is 10.3. The molecule has 0 fully saturated rings. The first-order chi connectivity index (χ1) is 13.7. The summed E-state index contributed by atoms with van der Waals surface area (Å²) in [6, 6.07) is 9.62. The van der Waals surface area contributed by atoms with E-state index < -0.39 is 28.5 Å². The van der Waals surface area contributed by atoms with Gasteiger partial charge in [0.05, 0.1) is 12.5 Å². The van der Waals surface area contributed by atoms with Gasteiger partial charge in [0, 0.05) is 30.5 Å². The Morgan fingerprint density at radius 2 is 2.07 bits per heavy atom. The maximum absolute atomic E-state index is 12.6. The highest BCUT2D eigenvalue weighted by Crippen LogP contribution is 2.20. The molecular weight excluding hydrogens is 420 g/mol. The molecule has 0 saturated heterocycles. The Morgan fingerprint density at radius 1 is 1.34 bits per heavy atom. The number of hydrogen-bond donors (Lipinski definition) is 1. The van der Waals surface area contributed by atoms with E-state index in [1.54, 1.807) is 24.3 Å². The lowest BCUT2D eigenvalue weighted by Gasteiger charge is -2.21. The summed E-state index contributed by atoms with van der Waals surface area (Å²) >= 11 is 5.96. The molecule has 1 heterocycles. The molecule has 29 heavy (non-hydrogen) atoms. The predicted octanol–water partition coefficient (Wildman–Crippen LogP) is 1.69. The smallest absolute Gasteiger partial charge is 0.355 e. The maximum Gasteiger partial charge on any atom is 0.355 e. The largest absolute Gasteiger partial charge is 0.451 e. The molecule has 1 amide bonds. The van der Waals surface area contributed by atoms with Gasteiger partial charge >= 0.3 is 5.97 Å². The molecule has 1 aromatic carbocycles. The number of rotatable bonds is 8. The molecule has 1 aromatic heterocycles. The SMILES string of the molecule is CNS(=O)(=O)c1cc(C(=O)OCC(=O)N(CCC#N)c2cccc(Cl)c2)n(C)c1. The van der Waals surface area contributed by atoms with Gasteiger partial charge in [-0.1, -0.05) is 17.7 Å². The number of halogens is 1. The lowest BCUT2D eigenvalue weighted by molar-refractivity contribution is -0.121. The Bertz CT molecular complexity index is 1060. The zero-order valence-electron chi connectivity index (χ0n) is 15.8. The highest BCUT2D eigenvalue weighted by atomic mass is 35.5. The quantitative estimate of drug-likeness (QED) is 0.626. The van der Waals surface area contributed by atoms with Gasteiger partial charge < -0.3 is 14.2 Å². The van der Waals surface area contributed by atoms with E-state index in [1.807, 2.05) is 6.07 Å². The first-order valence-electron chi connectivity index (χ1n) is 8.39. The summed E-state index contributed by atoms with van der Waals surface area (Å²) in [6.07, 6.45) is 1.34. The fraction of sp³-hybridized carbons (Fsp3) is 0.278. The molecular formula is C18H19ClN4O5S. The van der Waals surface area contributed by atoms with Crippen molar-refractivity contribution in [1.29, 1.82) is 5.26 Å². The number of nitrogens with one attached hydrogen (secondary N) is 1. The molecule has 0 aliphatic rings. The van der Waals surface area contributed by atoms with E-state index >= 15 is 0 Å². The summed E-state index contributed by atoms with van der Waals surface area (Å²) in [4.78, 5) is 26.1. The van der Waals surface area contributed by atoms with Gasteiger partial charge in [-0.3, -0.25) is 4.79 Å². The normalized spacial score (nSPS) is 11.0. The standard InChI is InChI=1S/C18H19ClN4O5S/c1-21-29(26,27)15-10-16(22(2)11-15)18(25)28-12-17(24)23(8-4-7-20)14-6-3-5-13(19)9-14/h3,5-6,9-11,21H,4,8,12H2,1-2H3. The third-order valence-electron chi connectivity index (χ3n) is 3.96. The van der Waals surface area contributed by atoms with Crippen molar-refractivity contribution in [3.63, 3.8) is 0 Å². The summed E-state index contributed by atoms with van der Waals surface area (Å²) in [5.41, 5.74) is 0.438. The molecule has 0 atom stereocenters. The second kappa shape index (κ2) is 9.56. The molecule has 1 N–H and O–H groups in total. The highest BCUT2D eigenvalue weighted by molar-refractivity contribution is 7.89. The lowest BCUT2D eigenvalue weighted by Crippen LogP contribution is -2.35. The zero-order chi connectivity index (χ0) is 21.6. The van der Waals surface area contributed by atoms with Crippen LogP contribution >= 0.6 is 11.6 Å². The number of hydrogen-bond acceptors (Lipinski definition) is 6. The second-order valence-electron chi connectivity index (χ2n) is 5.89. The van der Waals surface area contributed by atoms with Crippen LogP contribution in [0.2, 0.25) is 5.02 Å². The van der Waals surface area contributed by atoms with E-state index in [-0.39, 0.29) is 23.6 Å². The van der Waals surface area contributed by atoms with E-state index in [0.29, 0.717) is 10.7 Å². The van der Waals surface area contributed by atoms with Crippen LogP contribution in [0.5, 0.6) is 0 Å². The molecule has 2 aromatic rings. The van der Waals surface area contributed by atoms with Crippen LogP contribution in [0.3, 0.4) is 0 Å². The highest BCUT2D eigenvalue weighted by Gasteiger charge is 2.22. The van der Waals surface area contributed by atoms with Crippen LogP contribution in [0.4, 0.5) is 5.69 Å². The monoisotopic (exact) mass is 438 g/mol. The van der Waals surface area contributed by atoms with Gasteiger partial charge in [-0.25, -0.2) is 17.9 Å². The van der Waals surface area contributed by atoms with Gasteiger partial charge in [-0.15, -0.1) is 0 Å². The average molecular weight is 439 g/mol. The molecule has 0 radical (unpaired) electrons. The van der Waals surface area contributed by atoms with E-state index in [4.69, 9.17) is 21.6 Å². The summed E-state index contributed by atoms with van der Waals surface area (Å²) in [5, 5.41) is 9.24. The molecule has 0 aliphatic heterocycles. The minimum atomic E-state index is -3.73. The molecule has 9 nitrogen and oxygen atoms in total. The number of aromatic nitrogens is 1. The fourth-order valence-electron chi connectivity index (χ4n) is 2.48. The number of ether oxygens (including phenoxy) is 1. The van der Waals surface area contributed by atoms with Crippen molar-refractivity contribution in [3.05, 3.63) is 47.2 Å². The summed E-state index contributed by atoms with van der Waals surface area (Å²) in [6.45, 7) is -0.488. The van der Waals surface area contributed by atoms with Gasteiger partial charge in [-0.05, 0) is 31.3 Å². The topological polar surface area (TPSA) is 122 Å². The van der Waals surface area contributed by atoms with Gasteiger partial charge in [0.15, 0.2) is 6.61 Å². The number of amides is 1. The molecule has 154 valence electrons. The number of carbonyl (C=O) groups is 2. The molecule has 11 heteroatoms. The number of carbonyl (C=O) groups excluding carboxylic acids is 2. The molecule has 2 rings (SSSR count). The lowest BCUT2D eigenvalue weighted by atomic mass is 10.2. The van der Waals surface area contributed by atoms with Crippen LogP contribution in [-0.2, 0) is 26.6 Å². The number of benzene rings is 1. The van der Waals surface area contributed by atoms with Gasteiger partial charge in [0.25, 0.3) is 5.91 Å². The first kappa shape index (κ1) is 22.4. The Labute approximate surface area is 173 Å². The Morgan fingerprint density at radius 3 is 2.69 bits per heavy atom. The molecule has 0 saturated carbocycles. The predicted molar refractivity (Wildman–Crippen MR) is 106 cm³/mol. The van der Waals surface area contributed by atoms with Crippen LogP contribution in [0.1, 0.15) is 16.9 Å². The van der Waals surface area contributed by atoms with Crippen LogP contribution in [0, 0.1) is 11.3 Å². The molecule has 0 aliphatic carbocycles. The fourth-order valence-corrected chi connectivity index (χ4v) is 3.47. The number of nitriles is 1. The minimum Gasteiger partial charge on any atom is -0.451 e. The van der Waals surface area contributed by atoms with Crippen LogP contribution < -0.4 is 9.62 Å². The van der Waals surface area contributed by atoms with Gasteiger partial charge in [0.2, 0.25) is 10.0 Å². The van der Waals surface area contributed by atoms with Crippen molar-refractivity contribution < 1.29 is 22.7 Å². The number of aryl methyl sites for hydroxylation is 1. The van der Waals surface area contributed by atoms with Gasteiger partial charge in [-0.2, -0.15) is 5.26 Å². The van der Waals surface area contributed by atoms with E-state index in [0.717, 1.165) is 6.07 Å². The summed E-state index contributed by atoms with van der Waals surface area (Å²) in [7, 11) is -0.986. The number of sulfonamides is 1. The van der Waals surface area contributed by atoms with E-state index in [1.165, 1.54) is 29.8 Å². The Hall–Kier alpha value is -2.87. The second-order valence-corrected chi connectivity index (χ2v) is 8.21. The van der Waals surface area contributed by atoms with Crippen molar-refractivity contribution in [2.75, 3.05) is 25.1 Å². The molecule has 0 bridgehead atoms. The number of esters is 1. The zero-order valence-corrected chi connectivity index (χ0v) is 17.3. The average Bonchev–Trinajstić information content (AvgIpc) is 3.09. The third-order valence-corrected chi connectivity index (χ3v) is 5.58. The summed E-state index contributed by atoms with van der Waals surface area (Å²) in [5.74, 6) is -1.40. The molecule has 0 unspecified atom stereocenters. The molecule has 0 spiro atoms. The number of anilines is 1. The van der Waals surface area contributed by atoms with E-state index in [2.05, 4.69) is 4.72 Å². The minimum absolute atomic E-state index is 0.0297. The number of nitrogens with zero attached hydrogens (tertiary/aromatic N) is 3. The van der Waals surface area contributed by atoms with E-state index in [9.17, 15) is 18.0 Å². The third kappa shape index (κ3) is 5.57. The van der Waals surface area contributed by atoms with Crippen molar-refractivity contribution in [1.82, 2.24) is 9.29 Å². The Balaban J connectivity index is 2.13. The van der Waals surface area contributed by atoms with Crippen molar-refractivity contribution in [2.45, 2.75) is 11.3 Å². The van der Waals surface area contributed by atoms with Crippen molar-refractivity contribution in [3.8, 4) is 6.07 Å². The van der Waals surface area contributed by atoms with Crippen molar-refractivity contribution in [2.24, 2.45) is 7.05 Å². The summed E-state index contributed by atoms with van der Waals surface area (Å²) < 4.78 is 32.2.